The minimum absolute atomic E-state index is 0.160. The van der Waals surface area contributed by atoms with Gasteiger partial charge in [-0.2, -0.15) is 0 Å². The molecule has 0 aliphatic carbocycles. The predicted octanol–water partition coefficient (Wildman–Crippen LogP) is 4.20. The van der Waals surface area contributed by atoms with Crippen LogP contribution in [-0.2, 0) is 5.88 Å². The molecule has 4 aromatic rings. The average Bonchev–Trinajstić information content (AvgIpc) is 2.73. The lowest BCUT2D eigenvalue weighted by atomic mass is 10.0. The molecule has 0 bridgehead atoms. The Kier molecular flexibility index (Phi) is 4.52. The van der Waals surface area contributed by atoms with Crippen molar-refractivity contribution in [2.24, 2.45) is 5.73 Å². The number of hydrogen-bond acceptors (Lipinski definition) is 4. The highest BCUT2D eigenvalue weighted by Gasteiger charge is 2.15. The molecule has 0 unspecified atom stereocenters. The van der Waals surface area contributed by atoms with E-state index in [1.807, 2.05) is 54.6 Å². The van der Waals surface area contributed by atoms with Gasteiger partial charge < -0.3 is 5.73 Å². The summed E-state index contributed by atoms with van der Waals surface area (Å²) in [7, 11) is 0. The number of nitrogens with zero attached hydrogens (tertiary/aromatic N) is 3. The highest BCUT2D eigenvalue weighted by atomic mass is 35.5. The fraction of sp³-hybridized carbons (Fsp3) is 0.0476. The maximum atomic E-state index is 11.5. The SMILES string of the molecule is NC(=O)c1ccc2nc(-c3ccccc3)c(-c3ccc(CCl)cc3)nc2n1. The zero-order chi connectivity index (χ0) is 18.8. The summed E-state index contributed by atoms with van der Waals surface area (Å²) in [6, 6.07) is 20.9. The number of fused-ring (bicyclic) bond motifs is 1. The van der Waals surface area contributed by atoms with Gasteiger partial charge in [0.1, 0.15) is 11.2 Å². The van der Waals surface area contributed by atoms with Crippen LogP contribution < -0.4 is 5.73 Å². The maximum Gasteiger partial charge on any atom is 0.267 e. The van der Waals surface area contributed by atoms with Crippen molar-refractivity contribution in [2.45, 2.75) is 5.88 Å². The third kappa shape index (κ3) is 3.37. The van der Waals surface area contributed by atoms with Gasteiger partial charge in [-0.05, 0) is 17.7 Å². The summed E-state index contributed by atoms with van der Waals surface area (Å²) in [6.45, 7) is 0. The molecular weight excluding hydrogens is 360 g/mol. The molecule has 0 aliphatic rings. The monoisotopic (exact) mass is 374 g/mol. The number of carbonyl (C=O) groups excluding carboxylic acids is 1. The Hall–Kier alpha value is -3.31. The second-order valence-corrected chi connectivity index (χ2v) is 6.29. The van der Waals surface area contributed by atoms with Crippen molar-refractivity contribution in [1.29, 1.82) is 0 Å². The fourth-order valence-electron chi connectivity index (χ4n) is 2.83. The summed E-state index contributed by atoms with van der Waals surface area (Å²) in [6.07, 6.45) is 0. The molecule has 0 radical (unpaired) electrons. The van der Waals surface area contributed by atoms with Crippen LogP contribution in [0.5, 0.6) is 0 Å². The quantitative estimate of drug-likeness (QED) is 0.543. The fourth-order valence-corrected chi connectivity index (χ4v) is 3.01. The van der Waals surface area contributed by atoms with E-state index in [1.165, 1.54) is 0 Å². The smallest absolute Gasteiger partial charge is 0.267 e. The van der Waals surface area contributed by atoms with E-state index >= 15 is 0 Å². The van der Waals surface area contributed by atoms with Crippen LogP contribution in [0.2, 0.25) is 0 Å². The number of aromatic nitrogens is 3. The van der Waals surface area contributed by atoms with Gasteiger partial charge in [0.15, 0.2) is 5.65 Å². The Balaban J connectivity index is 1.97. The zero-order valence-corrected chi connectivity index (χ0v) is 15.0. The molecule has 0 spiro atoms. The van der Waals surface area contributed by atoms with E-state index in [2.05, 4.69) is 4.98 Å². The summed E-state index contributed by atoms with van der Waals surface area (Å²) in [5.41, 5.74) is 10.8. The predicted molar refractivity (Wildman–Crippen MR) is 106 cm³/mol. The molecular formula is C21H15ClN4O. The molecule has 2 aromatic heterocycles. The maximum absolute atomic E-state index is 11.5. The number of alkyl halides is 1. The molecule has 132 valence electrons. The van der Waals surface area contributed by atoms with E-state index in [1.54, 1.807) is 12.1 Å². The van der Waals surface area contributed by atoms with Gasteiger partial charge >= 0.3 is 0 Å². The van der Waals surface area contributed by atoms with Crippen molar-refractivity contribution in [3.63, 3.8) is 0 Å². The molecule has 0 fully saturated rings. The first-order valence-corrected chi connectivity index (χ1v) is 8.88. The number of hydrogen-bond donors (Lipinski definition) is 1. The molecule has 2 heterocycles. The van der Waals surface area contributed by atoms with Crippen molar-refractivity contribution in [3.8, 4) is 22.5 Å². The number of benzene rings is 2. The van der Waals surface area contributed by atoms with Gasteiger partial charge in [0.2, 0.25) is 0 Å². The number of halogens is 1. The molecule has 0 aliphatic heterocycles. The summed E-state index contributed by atoms with van der Waals surface area (Å²) in [5, 5.41) is 0. The van der Waals surface area contributed by atoms with Gasteiger partial charge in [0.25, 0.3) is 5.91 Å². The number of carbonyl (C=O) groups is 1. The summed E-state index contributed by atoms with van der Waals surface area (Å²) >= 11 is 5.90. The molecule has 27 heavy (non-hydrogen) atoms. The van der Waals surface area contributed by atoms with Gasteiger partial charge in [-0.25, -0.2) is 15.0 Å². The van der Waals surface area contributed by atoms with E-state index in [0.717, 1.165) is 22.4 Å². The Morgan fingerprint density at radius 1 is 0.815 bits per heavy atom. The van der Waals surface area contributed by atoms with Crippen LogP contribution in [0.25, 0.3) is 33.7 Å². The third-order valence-electron chi connectivity index (χ3n) is 4.21. The van der Waals surface area contributed by atoms with Crippen LogP contribution in [0.15, 0.2) is 66.7 Å². The Bertz CT molecular complexity index is 1130. The van der Waals surface area contributed by atoms with Crippen LogP contribution in [0.1, 0.15) is 16.1 Å². The lowest BCUT2D eigenvalue weighted by molar-refractivity contribution is 0.0996. The molecule has 2 aromatic carbocycles. The number of rotatable bonds is 4. The lowest BCUT2D eigenvalue weighted by Crippen LogP contribution is -2.13. The van der Waals surface area contributed by atoms with Gasteiger partial charge in [0.05, 0.1) is 11.4 Å². The van der Waals surface area contributed by atoms with E-state index in [-0.39, 0.29) is 5.69 Å². The van der Waals surface area contributed by atoms with E-state index in [0.29, 0.717) is 22.7 Å². The van der Waals surface area contributed by atoms with Crippen molar-refractivity contribution in [1.82, 2.24) is 15.0 Å². The van der Waals surface area contributed by atoms with Crippen LogP contribution in [-0.4, -0.2) is 20.9 Å². The van der Waals surface area contributed by atoms with Gasteiger partial charge in [-0.3, -0.25) is 4.79 Å². The molecule has 0 atom stereocenters. The van der Waals surface area contributed by atoms with Crippen LogP contribution in [0.4, 0.5) is 0 Å². The minimum Gasteiger partial charge on any atom is -0.364 e. The van der Waals surface area contributed by atoms with E-state index in [9.17, 15) is 4.79 Å². The molecule has 2 N–H and O–H groups in total. The van der Waals surface area contributed by atoms with Crippen molar-refractivity contribution in [2.75, 3.05) is 0 Å². The summed E-state index contributed by atoms with van der Waals surface area (Å²) in [4.78, 5) is 25.2. The number of pyridine rings is 1. The van der Waals surface area contributed by atoms with Crippen LogP contribution in [0, 0.1) is 0 Å². The van der Waals surface area contributed by atoms with Crippen LogP contribution >= 0.6 is 11.6 Å². The van der Waals surface area contributed by atoms with Gasteiger partial charge in [0, 0.05) is 17.0 Å². The zero-order valence-electron chi connectivity index (χ0n) is 14.3. The average molecular weight is 375 g/mol. The Labute approximate surface area is 160 Å². The summed E-state index contributed by atoms with van der Waals surface area (Å²) < 4.78 is 0. The first-order chi connectivity index (χ1) is 13.2. The second-order valence-electron chi connectivity index (χ2n) is 6.02. The highest BCUT2D eigenvalue weighted by Crippen LogP contribution is 2.30. The second kappa shape index (κ2) is 7.13. The lowest BCUT2D eigenvalue weighted by Gasteiger charge is -2.11. The topological polar surface area (TPSA) is 81.8 Å². The largest absolute Gasteiger partial charge is 0.364 e. The standard InChI is InChI=1S/C21H15ClN4O/c22-12-13-6-8-15(9-7-13)19-18(14-4-2-1-3-5-14)24-17-11-10-16(20(23)27)25-21(17)26-19/h1-11H,12H2,(H2,23,27). The molecule has 0 saturated heterocycles. The van der Waals surface area contributed by atoms with Crippen molar-refractivity contribution >= 4 is 28.7 Å². The number of amides is 1. The third-order valence-corrected chi connectivity index (χ3v) is 4.52. The highest BCUT2D eigenvalue weighted by molar-refractivity contribution is 6.17. The number of nitrogens with two attached hydrogens (primary N) is 1. The van der Waals surface area contributed by atoms with E-state index in [4.69, 9.17) is 27.3 Å². The Morgan fingerprint density at radius 2 is 1.48 bits per heavy atom. The molecule has 1 amide bonds. The van der Waals surface area contributed by atoms with Crippen molar-refractivity contribution in [3.05, 3.63) is 78.0 Å². The van der Waals surface area contributed by atoms with E-state index < -0.39 is 5.91 Å². The first kappa shape index (κ1) is 17.1. The van der Waals surface area contributed by atoms with Gasteiger partial charge in [-0.15, -0.1) is 11.6 Å². The molecule has 4 rings (SSSR count). The van der Waals surface area contributed by atoms with Crippen molar-refractivity contribution < 1.29 is 4.79 Å². The molecule has 0 saturated carbocycles. The number of primary amides is 1. The molecule has 5 nitrogen and oxygen atoms in total. The first-order valence-electron chi connectivity index (χ1n) is 8.35. The minimum atomic E-state index is -0.598. The Morgan fingerprint density at radius 3 is 2.15 bits per heavy atom. The normalized spacial score (nSPS) is 10.9. The summed E-state index contributed by atoms with van der Waals surface area (Å²) in [5.74, 6) is -0.155. The van der Waals surface area contributed by atoms with Crippen LogP contribution in [0.3, 0.4) is 0 Å². The molecule has 6 heteroatoms. The van der Waals surface area contributed by atoms with Gasteiger partial charge in [-0.1, -0.05) is 54.6 Å².